The number of rotatable bonds is 4. The Kier molecular flexibility index (Phi) is 4.20. The van der Waals surface area contributed by atoms with E-state index in [0.29, 0.717) is 17.9 Å². The van der Waals surface area contributed by atoms with Crippen LogP contribution in [0.15, 0.2) is 36.7 Å². The van der Waals surface area contributed by atoms with Gasteiger partial charge in [0.1, 0.15) is 5.69 Å². The van der Waals surface area contributed by atoms with Crippen molar-refractivity contribution in [2.75, 3.05) is 11.9 Å². The predicted molar refractivity (Wildman–Crippen MR) is 82.0 cm³/mol. The Morgan fingerprint density at radius 2 is 2.32 bits per heavy atom. The fourth-order valence-corrected chi connectivity index (χ4v) is 3.08. The van der Waals surface area contributed by atoms with Crippen molar-refractivity contribution in [1.29, 1.82) is 0 Å². The van der Waals surface area contributed by atoms with Gasteiger partial charge in [0.2, 0.25) is 5.91 Å². The lowest BCUT2D eigenvalue weighted by molar-refractivity contribution is -0.120. The molecule has 0 bridgehead atoms. The summed E-state index contributed by atoms with van der Waals surface area (Å²) >= 11 is 0. The molecule has 3 rings (SSSR count). The van der Waals surface area contributed by atoms with Gasteiger partial charge < -0.3 is 11.1 Å². The van der Waals surface area contributed by atoms with Gasteiger partial charge in [0.15, 0.2) is 5.82 Å². The predicted octanol–water partition coefficient (Wildman–Crippen LogP) is 2.32. The number of hydrogen-bond donors (Lipinski definition) is 2. The van der Waals surface area contributed by atoms with Crippen molar-refractivity contribution in [3.63, 3.8) is 0 Å². The third-order valence-corrected chi connectivity index (χ3v) is 4.27. The van der Waals surface area contributed by atoms with Gasteiger partial charge in [0.25, 0.3) is 0 Å². The molecule has 1 aromatic carbocycles. The molecule has 1 aliphatic rings. The third kappa shape index (κ3) is 2.87. The lowest BCUT2D eigenvalue weighted by Crippen LogP contribution is -2.29. The second kappa shape index (κ2) is 6.27. The molecule has 5 nitrogen and oxygen atoms in total. The van der Waals surface area contributed by atoms with Crippen molar-refractivity contribution in [2.45, 2.75) is 19.3 Å². The molecule has 0 spiro atoms. The molecule has 0 radical (unpaired) electrons. The summed E-state index contributed by atoms with van der Waals surface area (Å²) in [7, 11) is 0. The lowest BCUT2D eigenvalue weighted by Gasteiger charge is -2.17. The number of carbonyl (C=O) groups excluding carboxylic acids is 1. The number of carbonyl (C=O) groups is 1. The maximum atomic E-state index is 14.2. The van der Waals surface area contributed by atoms with Gasteiger partial charge >= 0.3 is 0 Å². The Morgan fingerprint density at radius 3 is 3.00 bits per heavy atom. The van der Waals surface area contributed by atoms with Crippen LogP contribution in [0.3, 0.4) is 0 Å². The number of benzene rings is 1. The zero-order valence-corrected chi connectivity index (χ0v) is 12.2. The number of nitrogens with two attached hydrogens (primary N) is 1. The minimum Gasteiger partial charge on any atom is -0.330 e. The summed E-state index contributed by atoms with van der Waals surface area (Å²) in [4.78, 5) is 12.3. The number of aromatic nitrogens is 2. The van der Waals surface area contributed by atoms with E-state index in [9.17, 15) is 9.18 Å². The molecule has 1 heterocycles. The van der Waals surface area contributed by atoms with Crippen LogP contribution in [-0.2, 0) is 4.79 Å². The molecule has 0 unspecified atom stereocenters. The van der Waals surface area contributed by atoms with Crippen molar-refractivity contribution in [1.82, 2.24) is 9.78 Å². The van der Waals surface area contributed by atoms with E-state index in [0.717, 1.165) is 19.3 Å². The number of nitrogens with one attached hydrogen (secondary N) is 1. The molecule has 3 N–H and O–H groups in total. The highest BCUT2D eigenvalue weighted by Gasteiger charge is 2.31. The van der Waals surface area contributed by atoms with E-state index in [2.05, 4.69) is 10.4 Å². The fourth-order valence-electron chi connectivity index (χ4n) is 3.08. The van der Waals surface area contributed by atoms with E-state index >= 15 is 0 Å². The SMILES string of the molecule is NC[C@H]1CCC[C@H]1C(=O)Nc1ccc(-n2cccn2)c(F)c1. The minimum absolute atomic E-state index is 0.0702. The van der Waals surface area contributed by atoms with Gasteiger partial charge in [0, 0.05) is 24.0 Å². The molecule has 2 aromatic rings. The van der Waals surface area contributed by atoms with Gasteiger partial charge in [0.05, 0.1) is 0 Å². The number of amides is 1. The van der Waals surface area contributed by atoms with Gasteiger partial charge in [-0.25, -0.2) is 9.07 Å². The van der Waals surface area contributed by atoms with Crippen LogP contribution in [0.4, 0.5) is 10.1 Å². The van der Waals surface area contributed by atoms with Crippen LogP contribution in [0.25, 0.3) is 5.69 Å². The Hall–Kier alpha value is -2.21. The van der Waals surface area contributed by atoms with Gasteiger partial charge in [-0.05, 0) is 49.6 Å². The van der Waals surface area contributed by atoms with Crippen LogP contribution in [0.1, 0.15) is 19.3 Å². The van der Waals surface area contributed by atoms with Crippen LogP contribution in [0, 0.1) is 17.7 Å². The summed E-state index contributed by atoms with van der Waals surface area (Å²) in [6.07, 6.45) is 6.11. The molecule has 1 aromatic heterocycles. The topological polar surface area (TPSA) is 72.9 Å². The maximum Gasteiger partial charge on any atom is 0.227 e. The Labute approximate surface area is 128 Å². The largest absolute Gasteiger partial charge is 0.330 e. The summed E-state index contributed by atoms with van der Waals surface area (Å²) < 4.78 is 15.6. The first-order valence-electron chi connectivity index (χ1n) is 7.49. The fraction of sp³-hybridized carbons (Fsp3) is 0.375. The van der Waals surface area contributed by atoms with Crippen LogP contribution in [0.2, 0.25) is 0 Å². The van der Waals surface area contributed by atoms with E-state index in [-0.39, 0.29) is 17.7 Å². The summed E-state index contributed by atoms with van der Waals surface area (Å²) in [6, 6.07) is 6.33. The minimum atomic E-state index is -0.428. The zero-order valence-electron chi connectivity index (χ0n) is 12.2. The lowest BCUT2D eigenvalue weighted by atomic mass is 9.95. The molecule has 2 atom stereocenters. The summed E-state index contributed by atoms with van der Waals surface area (Å²) in [6.45, 7) is 0.519. The molecule has 22 heavy (non-hydrogen) atoms. The highest BCUT2D eigenvalue weighted by Crippen LogP contribution is 2.32. The van der Waals surface area contributed by atoms with E-state index in [1.54, 1.807) is 30.6 Å². The van der Waals surface area contributed by atoms with Gasteiger partial charge in [-0.15, -0.1) is 0 Å². The Bertz CT molecular complexity index is 656. The smallest absolute Gasteiger partial charge is 0.227 e. The van der Waals surface area contributed by atoms with Crippen molar-refractivity contribution >= 4 is 11.6 Å². The molecular weight excluding hydrogens is 283 g/mol. The Morgan fingerprint density at radius 1 is 1.45 bits per heavy atom. The molecule has 1 fully saturated rings. The highest BCUT2D eigenvalue weighted by atomic mass is 19.1. The van der Waals surface area contributed by atoms with E-state index < -0.39 is 5.82 Å². The number of halogens is 1. The normalized spacial score (nSPS) is 21.0. The van der Waals surface area contributed by atoms with Crippen LogP contribution >= 0.6 is 0 Å². The average Bonchev–Trinajstić information content (AvgIpc) is 3.18. The quantitative estimate of drug-likeness (QED) is 0.910. The summed E-state index contributed by atoms with van der Waals surface area (Å²) in [5.74, 6) is -0.338. The second-order valence-corrected chi connectivity index (χ2v) is 5.64. The van der Waals surface area contributed by atoms with Crippen LogP contribution in [-0.4, -0.2) is 22.2 Å². The molecule has 1 amide bonds. The van der Waals surface area contributed by atoms with Crippen molar-refractivity contribution in [2.24, 2.45) is 17.6 Å². The van der Waals surface area contributed by atoms with Gasteiger partial charge in [-0.2, -0.15) is 5.10 Å². The first-order chi connectivity index (χ1) is 10.7. The standard InChI is InChI=1S/C16H19FN4O/c17-14-9-12(5-6-15(14)21-8-2-7-19-21)20-16(22)13-4-1-3-11(13)10-18/h2,5-9,11,13H,1,3-4,10,18H2,(H,20,22)/t11-,13-/m1/s1. The van der Waals surface area contributed by atoms with Crippen molar-refractivity contribution in [3.05, 3.63) is 42.5 Å². The van der Waals surface area contributed by atoms with Crippen LogP contribution in [0.5, 0.6) is 0 Å². The molecule has 0 saturated heterocycles. The van der Waals surface area contributed by atoms with E-state index in [4.69, 9.17) is 5.73 Å². The molecule has 1 saturated carbocycles. The first-order valence-corrected chi connectivity index (χ1v) is 7.49. The summed E-state index contributed by atoms with van der Waals surface area (Å²) in [5.41, 5.74) is 6.51. The van der Waals surface area contributed by atoms with E-state index in [1.807, 2.05) is 0 Å². The molecule has 1 aliphatic carbocycles. The first kappa shape index (κ1) is 14.7. The van der Waals surface area contributed by atoms with E-state index in [1.165, 1.54) is 10.7 Å². The number of nitrogens with zero attached hydrogens (tertiary/aromatic N) is 2. The zero-order chi connectivity index (χ0) is 15.5. The molecule has 0 aliphatic heterocycles. The number of anilines is 1. The Balaban J connectivity index is 1.73. The monoisotopic (exact) mass is 302 g/mol. The number of hydrogen-bond acceptors (Lipinski definition) is 3. The summed E-state index contributed by atoms with van der Waals surface area (Å²) in [5, 5.41) is 6.79. The third-order valence-electron chi connectivity index (χ3n) is 4.27. The second-order valence-electron chi connectivity index (χ2n) is 5.64. The molecule has 116 valence electrons. The van der Waals surface area contributed by atoms with Gasteiger partial charge in [-0.3, -0.25) is 4.79 Å². The van der Waals surface area contributed by atoms with Crippen LogP contribution < -0.4 is 11.1 Å². The molecule has 6 heteroatoms. The maximum absolute atomic E-state index is 14.2. The molecular formula is C16H19FN4O. The van der Waals surface area contributed by atoms with Crippen molar-refractivity contribution < 1.29 is 9.18 Å². The van der Waals surface area contributed by atoms with Crippen molar-refractivity contribution in [3.8, 4) is 5.69 Å². The van der Waals surface area contributed by atoms with Gasteiger partial charge in [-0.1, -0.05) is 6.42 Å². The highest BCUT2D eigenvalue weighted by molar-refractivity contribution is 5.93. The average molecular weight is 302 g/mol.